The number of nitrogens with zero attached hydrogens (tertiary/aromatic N) is 1. The highest BCUT2D eigenvalue weighted by atomic mass is 32.2. The van der Waals surface area contributed by atoms with E-state index in [2.05, 4.69) is 40.6 Å². The van der Waals surface area contributed by atoms with Crippen molar-refractivity contribution in [2.45, 2.75) is 18.6 Å². The number of likely N-dealkylation sites (tertiary alicyclic amines) is 1. The van der Waals surface area contributed by atoms with Gasteiger partial charge < -0.3 is 4.74 Å². The normalized spacial score (nSPS) is 26.2. The summed E-state index contributed by atoms with van der Waals surface area (Å²) < 4.78 is 6.07. The van der Waals surface area contributed by atoms with Crippen LogP contribution >= 0.6 is 23.5 Å². The van der Waals surface area contributed by atoms with Gasteiger partial charge in [-0.2, -0.15) is 23.5 Å². The molecule has 0 spiro atoms. The van der Waals surface area contributed by atoms with Gasteiger partial charge in [-0.05, 0) is 18.6 Å². The Morgan fingerprint density at radius 2 is 1.79 bits per heavy atom. The molecule has 0 N–H and O–H groups in total. The molecule has 4 heteroatoms. The molecule has 1 aromatic carbocycles. The van der Waals surface area contributed by atoms with E-state index in [0.717, 1.165) is 18.3 Å². The summed E-state index contributed by atoms with van der Waals surface area (Å²) in [4.78, 5) is 2.64. The highest BCUT2D eigenvalue weighted by Gasteiger charge is 2.29. The fourth-order valence-electron chi connectivity index (χ4n) is 2.69. The first-order valence-electron chi connectivity index (χ1n) is 7.03. The van der Waals surface area contributed by atoms with Crippen molar-refractivity contribution < 1.29 is 4.74 Å². The third-order valence-electron chi connectivity index (χ3n) is 3.73. The molecule has 19 heavy (non-hydrogen) atoms. The molecule has 3 rings (SSSR count). The van der Waals surface area contributed by atoms with Gasteiger partial charge >= 0.3 is 0 Å². The molecule has 2 nitrogen and oxygen atoms in total. The third kappa shape index (κ3) is 3.83. The maximum atomic E-state index is 6.07. The van der Waals surface area contributed by atoms with E-state index in [1.165, 1.54) is 36.0 Å². The van der Waals surface area contributed by atoms with Gasteiger partial charge in [-0.1, -0.05) is 18.2 Å². The topological polar surface area (TPSA) is 12.5 Å². The lowest BCUT2D eigenvalue weighted by molar-refractivity contribution is 0.189. The first-order chi connectivity index (χ1) is 9.42. The zero-order chi connectivity index (χ0) is 12.9. The van der Waals surface area contributed by atoms with E-state index in [9.17, 15) is 0 Å². The number of rotatable bonds is 3. The van der Waals surface area contributed by atoms with Crippen molar-refractivity contribution in [3.05, 3.63) is 30.3 Å². The van der Waals surface area contributed by atoms with E-state index in [-0.39, 0.29) is 0 Å². The number of hydrogen-bond donors (Lipinski definition) is 0. The van der Waals surface area contributed by atoms with E-state index >= 15 is 0 Å². The minimum Gasteiger partial charge on any atom is -0.489 e. The Labute approximate surface area is 124 Å². The summed E-state index contributed by atoms with van der Waals surface area (Å²) in [7, 11) is 0. The minimum atomic E-state index is 0.376. The SMILES string of the molecule is c1ccc(OC2CCN(C3CSCCSC3)C2)cc1. The van der Waals surface area contributed by atoms with Crippen LogP contribution in [0, 0.1) is 0 Å². The van der Waals surface area contributed by atoms with Gasteiger partial charge in [0.05, 0.1) is 0 Å². The Hall–Kier alpha value is -0.320. The molecule has 2 aliphatic rings. The van der Waals surface area contributed by atoms with E-state index in [4.69, 9.17) is 4.74 Å². The Balaban J connectivity index is 1.52. The van der Waals surface area contributed by atoms with Gasteiger partial charge in [0, 0.05) is 42.1 Å². The van der Waals surface area contributed by atoms with E-state index in [1.807, 2.05) is 18.2 Å². The van der Waals surface area contributed by atoms with Gasteiger partial charge in [-0.3, -0.25) is 4.90 Å². The molecule has 2 aliphatic heterocycles. The van der Waals surface area contributed by atoms with Crippen molar-refractivity contribution >= 4 is 23.5 Å². The molecule has 2 heterocycles. The van der Waals surface area contributed by atoms with Crippen LogP contribution in [0.5, 0.6) is 5.75 Å². The van der Waals surface area contributed by atoms with Crippen LogP contribution in [0.15, 0.2) is 30.3 Å². The van der Waals surface area contributed by atoms with Crippen LogP contribution in [0.2, 0.25) is 0 Å². The van der Waals surface area contributed by atoms with Crippen LogP contribution in [0.4, 0.5) is 0 Å². The summed E-state index contributed by atoms with van der Waals surface area (Å²) in [6.45, 7) is 2.30. The number of ether oxygens (including phenoxy) is 1. The minimum absolute atomic E-state index is 0.376. The highest BCUT2D eigenvalue weighted by molar-refractivity contribution is 8.03. The van der Waals surface area contributed by atoms with Crippen molar-refractivity contribution in [3.63, 3.8) is 0 Å². The molecule has 0 radical (unpaired) electrons. The second-order valence-corrected chi connectivity index (χ2v) is 7.44. The third-order valence-corrected chi connectivity index (χ3v) is 6.22. The second-order valence-electron chi connectivity index (χ2n) is 5.14. The molecule has 0 amide bonds. The number of thioether (sulfide) groups is 2. The predicted octanol–water partition coefficient (Wildman–Crippen LogP) is 2.99. The van der Waals surface area contributed by atoms with Crippen molar-refractivity contribution in [1.29, 1.82) is 0 Å². The van der Waals surface area contributed by atoms with Crippen LogP contribution in [0.25, 0.3) is 0 Å². The zero-order valence-corrected chi connectivity index (χ0v) is 12.8. The quantitative estimate of drug-likeness (QED) is 0.849. The Morgan fingerprint density at radius 3 is 2.53 bits per heavy atom. The van der Waals surface area contributed by atoms with Gasteiger partial charge in [0.2, 0.25) is 0 Å². The number of para-hydroxylation sites is 1. The average Bonchev–Trinajstić information content (AvgIpc) is 2.74. The lowest BCUT2D eigenvalue weighted by Gasteiger charge is -2.25. The van der Waals surface area contributed by atoms with Crippen LogP contribution in [0.3, 0.4) is 0 Å². The molecule has 1 aromatic rings. The molecule has 0 aromatic heterocycles. The maximum Gasteiger partial charge on any atom is 0.119 e. The smallest absolute Gasteiger partial charge is 0.119 e. The predicted molar refractivity (Wildman–Crippen MR) is 85.5 cm³/mol. The number of benzene rings is 1. The van der Waals surface area contributed by atoms with Crippen molar-refractivity contribution in [2.24, 2.45) is 0 Å². The lowest BCUT2D eigenvalue weighted by atomic mass is 10.3. The Kier molecular flexibility index (Phi) is 4.97. The van der Waals surface area contributed by atoms with Crippen molar-refractivity contribution in [3.8, 4) is 5.75 Å². The Bertz CT molecular complexity index is 379. The van der Waals surface area contributed by atoms with Crippen LogP contribution in [-0.2, 0) is 0 Å². The van der Waals surface area contributed by atoms with Crippen molar-refractivity contribution in [1.82, 2.24) is 4.90 Å². The second kappa shape index (κ2) is 6.91. The monoisotopic (exact) mass is 295 g/mol. The maximum absolute atomic E-state index is 6.07. The highest BCUT2D eigenvalue weighted by Crippen LogP contribution is 2.25. The van der Waals surface area contributed by atoms with Crippen LogP contribution in [0.1, 0.15) is 6.42 Å². The van der Waals surface area contributed by atoms with Crippen LogP contribution in [-0.4, -0.2) is 53.1 Å². The molecule has 1 unspecified atom stereocenters. The summed E-state index contributed by atoms with van der Waals surface area (Å²) in [6, 6.07) is 11.0. The zero-order valence-electron chi connectivity index (χ0n) is 11.2. The fourth-order valence-corrected chi connectivity index (χ4v) is 5.32. The summed E-state index contributed by atoms with van der Waals surface area (Å²) in [5, 5.41) is 0. The summed E-state index contributed by atoms with van der Waals surface area (Å²) in [5.41, 5.74) is 0. The molecule has 104 valence electrons. The average molecular weight is 295 g/mol. The first-order valence-corrected chi connectivity index (χ1v) is 9.34. The first kappa shape index (κ1) is 13.7. The largest absolute Gasteiger partial charge is 0.489 e. The van der Waals surface area contributed by atoms with Gasteiger partial charge in [0.25, 0.3) is 0 Å². The molecule has 1 atom stereocenters. The molecule has 0 saturated carbocycles. The Morgan fingerprint density at radius 1 is 1.05 bits per heavy atom. The summed E-state index contributed by atoms with van der Waals surface area (Å²) in [6.07, 6.45) is 1.54. The fraction of sp³-hybridized carbons (Fsp3) is 0.600. The van der Waals surface area contributed by atoms with Gasteiger partial charge in [-0.15, -0.1) is 0 Å². The standard InChI is InChI=1S/C15H21NOS2/c1-2-4-14(5-3-1)17-15-6-7-16(10-15)13-11-18-8-9-19-12-13/h1-5,13,15H,6-12H2. The molecule has 0 aliphatic carbocycles. The van der Waals surface area contributed by atoms with E-state index in [0.29, 0.717) is 6.10 Å². The van der Waals surface area contributed by atoms with Crippen molar-refractivity contribution in [2.75, 3.05) is 36.1 Å². The lowest BCUT2D eigenvalue weighted by Crippen LogP contribution is -2.38. The molecule has 2 saturated heterocycles. The number of hydrogen-bond acceptors (Lipinski definition) is 4. The van der Waals surface area contributed by atoms with Crippen LogP contribution < -0.4 is 4.74 Å². The molecular weight excluding hydrogens is 274 g/mol. The van der Waals surface area contributed by atoms with E-state index in [1.54, 1.807) is 0 Å². The van der Waals surface area contributed by atoms with Gasteiger partial charge in [-0.25, -0.2) is 0 Å². The summed E-state index contributed by atoms with van der Waals surface area (Å²) in [5.74, 6) is 6.24. The van der Waals surface area contributed by atoms with Gasteiger partial charge in [0.1, 0.15) is 11.9 Å². The summed E-state index contributed by atoms with van der Waals surface area (Å²) >= 11 is 4.23. The van der Waals surface area contributed by atoms with Gasteiger partial charge in [0.15, 0.2) is 0 Å². The van der Waals surface area contributed by atoms with E-state index < -0.39 is 0 Å². The molecular formula is C15H21NOS2. The molecule has 0 bridgehead atoms. The molecule has 2 fully saturated rings.